The van der Waals surface area contributed by atoms with Crippen LogP contribution in [0.3, 0.4) is 0 Å². The fraction of sp³-hybridized carbons (Fsp3) is 0.857. The van der Waals surface area contributed by atoms with Crippen LogP contribution in [-0.2, 0) is 14.3 Å². The fourth-order valence-electron chi connectivity index (χ4n) is 2.56. The normalized spacial score (nSPS) is 28.2. The summed E-state index contributed by atoms with van der Waals surface area (Å²) >= 11 is 0. The lowest BCUT2D eigenvalue weighted by Crippen LogP contribution is -2.48. The van der Waals surface area contributed by atoms with Crippen LogP contribution < -0.4 is 5.32 Å². The van der Waals surface area contributed by atoms with Crippen molar-refractivity contribution >= 4 is 11.8 Å². The standard InChI is InChI=1S/C14H24N2O3/c1-3-7-19-8-6-16-10(2)9-12(17)15-13(14(16)18)11-4-5-11/h10-11,13H,3-9H2,1-2H3,(H,15,17). The second-order valence-corrected chi connectivity index (χ2v) is 5.58. The van der Waals surface area contributed by atoms with E-state index in [1.165, 1.54) is 0 Å². The van der Waals surface area contributed by atoms with Crippen LogP contribution in [0.15, 0.2) is 0 Å². The lowest BCUT2D eigenvalue weighted by Gasteiger charge is -2.28. The summed E-state index contributed by atoms with van der Waals surface area (Å²) in [5.41, 5.74) is 0. The lowest BCUT2D eigenvalue weighted by atomic mass is 10.1. The summed E-state index contributed by atoms with van der Waals surface area (Å²) in [6.45, 7) is 5.85. The van der Waals surface area contributed by atoms with Gasteiger partial charge in [0, 0.05) is 25.6 Å². The van der Waals surface area contributed by atoms with Crippen molar-refractivity contribution in [2.24, 2.45) is 5.92 Å². The molecular formula is C14H24N2O3. The van der Waals surface area contributed by atoms with E-state index in [4.69, 9.17) is 4.74 Å². The van der Waals surface area contributed by atoms with Crippen molar-refractivity contribution in [2.75, 3.05) is 19.8 Å². The van der Waals surface area contributed by atoms with Crippen molar-refractivity contribution in [1.29, 1.82) is 0 Å². The number of nitrogens with zero attached hydrogens (tertiary/aromatic N) is 1. The third-order valence-corrected chi connectivity index (χ3v) is 3.80. The van der Waals surface area contributed by atoms with E-state index in [2.05, 4.69) is 12.2 Å². The van der Waals surface area contributed by atoms with Gasteiger partial charge in [-0.05, 0) is 32.1 Å². The second kappa shape index (κ2) is 6.37. The van der Waals surface area contributed by atoms with Crippen molar-refractivity contribution in [3.05, 3.63) is 0 Å². The van der Waals surface area contributed by atoms with Gasteiger partial charge in [0.25, 0.3) is 0 Å². The van der Waals surface area contributed by atoms with Gasteiger partial charge in [0.05, 0.1) is 6.61 Å². The Balaban J connectivity index is 1.96. The number of amides is 2. The Labute approximate surface area is 114 Å². The fourth-order valence-corrected chi connectivity index (χ4v) is 2.56. The summed E-state index contributed by atoms with van der Waals surface area (Å²) in [4.78, 5) is 26.1. The molecule has 0 spiro atoms. The van der Waals surface area contributed by atoms with E-state index in [1.807, 2.05) is 11.8 Å². The number of carbonyl (C=O) groups is 2. The first-order valence-corrected chi connectivity index (χ1v) is 7.31. The van der Waals surface area contributed by atoms with Crippen LogP contribution in [0.4, 0.5) is 0 Å². The molecule has 19 heavy (non-hydrogen) atoms. The lowest BCUT2D eigenvalue weighted by molar-refractivity contribution is -0.136. The average molecular weight is 268 g/mol. The van der Waals surface area contributed by atoms with Crippen LogP contribution in [0.1, 0.15) is 39.5 Å². The minimum atomic E-state index is -0.302. The summed E-state index contributed by atoms with van der Waals surface area (Å²) in [7, 11) is 0. The van der Waals surface area contributed by atoms with Gasteiger partial charge in [-0.3, -0.25) is 9.59 Å². The first-order valence-electron chi connectivity index (χ1n) is 7.31. The molecule has 2 aliphatic rings. The molecule has 2 rings (SSSR count). The Morgan fingerprint density at radius 1 is 1.32 bits per heavy atom. The number of ether oxygens (including phenoxy) is 1. The number of hydrogen-bond donors (Lipinski definition) is 1. The van der Waals surface area contributed by atoms with Gasteiger partial charge in [-0.1, -0.05) is 6.92 Å². The number of nitrogens with one attached hydrogen (secondary N) is 1. The Bertz CT molecular complexity index is 342. The summed E-state index contributed by atoms with van der Waals surface area (Å²) in [6.07, 6.45) is 3.47. The van der Waals surface area contributed by atoms with E-state index in [9.17, 15) is 9.59 Å². The molecule has 1 aliphatic heterocycles. The van der Waals surface area contributed by atoms with E-state index < -0.39 is 0 Å². The van der Waals surface area contributed by atoms with Crippen molar-refractivity contribution in [3.63, 3.8) is 0 Å². The third kappa shape index (κ3) is 3.69. The summed E-state index contributed by atoms with van der Waals surface area (Å²) < 4.78 is 5.46. The molecule has 0 aromatic rings. The maximum absolute atomic E-state index is 12.5. The molecule has 0 aromatic carbocycles. The first kappa shape index (κ1) is 14.3. The van der Waals surface area contributed by atoms with Crippen molar-refractivity contribution in [2.45, 2.75) is 51.6 Å². The van der Waals surface area contributed by atoms with E-state index in [1.54, 1.807) is 0 Å². The molecule has 2 unspecified atom stereocenters. The zero-order valence-corrected chi connectivity index (χ0v) is 11.9. The summed E-state index contributed by atoms with van der Waals surface area (Å²) in [6, 6.07) is -0.342. The Morgan fingerprint density at radius 3 is 2.68 bits per heavy atom. The van der Waals surface area contributed by atoms with Gasteiger partial charge >= 0.3 is 0 Å². The van der Waals surface area contributed by atoms with Gasteiger partial charge < -0.3 is 15.0 Å². The van der Waals surface area contributed by atoms with E-state index >= 15 is 0 Å². The minimum absolute atomic E-state index is 0.00488. The highest BCUT2D eigenvalue weighted by atomic mass is 16.5. The zero-order chi connectivity index (χ0) is 13.8. The molecule has 2 atom stereocenters. The van der Waals surface area contributed by atoms with Crippen LogP contribution >= 0.6 is 0 Å². The molecule has 5 nitrogen and oxygen atoms in total. The van der Waals surface area contributed by atoms with E-state index in [0.717, 1.165) is 25.9 Å². The predicted octanol–water partition coefficient (Wildman–Crippen LogP) is 0.929. The van der Waals surface area contributed by atoms with Crippen LogP contribution in [0.5, 0.6) is 0 Å². The number of carbonyl (C=O) groups excluding carboxylic acids is 2. The molecular weight excluding hydrogens is 244 g/mol. The van der Waals surface area contributed by atoms with Gasteiger partial charge in [0.15, 0.2) is 0 Å². The molecule has 1 heterocycles. The molecule has 2 amide bonds. The zero-order valence-electron chi connectivity index (χ0n) is 11.9. The Hall–Kier alpha value is -1.10. The molecule has 2 fully saturated rings. The Morgan fingerprint density at radius 2 is 2.05 bits per heavy atom. The first-order chi connectivity index (χ1) is 9.13. The second-order valence-electron chi connectivity index (χ2n) is 5.58. The highest BCUT2D eigenvalue weighted by molar-refractivity contribution is 5.91. The van der Waals surface area contributed by atoms with Gasteiger partial charge in [-0.2, -0.15) is 0 Å². The van der Waals surface area contributed by atoms with Gasteiger partial charge in [-0.25, -0.2) is 0 Å². The highest BCUT2D eigenvalue weighted by Gasteiger charge is 2.42. The topological polar surface area (TPSA) is 58.6 Å². The van der Waals surface area contributed by atoms with Crippen LogP contribution in [0.2, 0.25) is 0 Å². The summed E-state index contributed by atoms with van der Waals surface area (Å²) in [5, 5.41) is 2.88. The quantitative estimate of drug-likeness (QED) is 0.729. The van der Waals surface area contributed by atoms with Crippen LogP contribution in [0, 0.1) is 5.92 Å². The molecule has 1 saturated carbocycles. The summed E-state index contributed by atoms with van der Waals surface area (Å²) in [5.74, 6) is 0.413. The number of hydrogen-bond acceptors (Lipinski definition) is 3. The van der Waals surface area contributed by atoms with Gasteiger partial charge in [0.2, 0.25) is 11.8 Å². The monoisotopic (exact) mass is 268 g/mol. The van der Waals surface area contributed by atoms with E-state index in [-0.39, 0.29) is 23.9 Å². The molecule has 5 heteroatoms. The van der Waals surface area contributed by atoms with Crippen molar-refractivity contribution in [3.8, 4) is 0 Å². The minimum Gasteiger partial charge on any atom is -0.380 e. The molecule has 0 radical (unpaired) electrons. The van der Waals surface area contributed by atoms with Crippen LogP contribution in [-0.4, -0.2) is 48.6 Å². The largest absolute Gasteiger partial charge is 0.380 e. The van der Waals surface area contributed by atoms with Crippen molar-refractivity contribution in [1.82, 2.24) is 10.2 Å². The molecule has 1 saturated heterocycles. The molecule has 0 aromatic heterocycles. The smallest absolute Gasteiger partial charge is 0.245 e. The maximum atomic E-state index is 12.5. The van der Waals surface area contributed by atoms with Crippen molar-refractivity contribution < 1.29 is 14.3 Å². The van der Waals surface area contributed by atoms with Gasteiger partial charge in [0.1, 0.15) is 6.04 Å². The molecule has 1 aliphatic carbocycles. The number of rotatable bonds is 6. The average Bonchev–Trinajstić information content (AvgIpc) is 3.18. The van der Waals surface area contributed by atoms with E-state index in [0.29, 0.717) is 25.5 Å². The molecule has 1 N–H and O–H groups in total. The maximum Gasteiger partial charge on any atom is 0.245 e. The van der Waals surface area contributed by atoms with Gasteiger partial charge in [-0.15, -0.1) is 0 Å². The van der Waals surface area contributed by atoms with Crippen LogP contribution in [0.25, 0.3) is 0 Å². The SMILES string of the molecule is CCCOCCN1C(=O)C(C2CC2)NC(=O)CC1C. The molecule has 0 bridgehead atoms. The third-order valence-electron chi connectivity index (χ3n) is 3.80. The Kier molecular flexibility index (Phi) is 4.80. The molecule has 108 valence electrons. The highest BCUT2D eigenvalue weighted by Crippen LogP contribution is 2.34. The predicted molar refractivity (Wildman–Crippen MR) is 71.6 cm³/mol.